The third-order valence-corrected chi connectivity index (χ3v) is 10.1. The number of carbonyl (C=O) groups is 2. The molecule has 3 aromatic rings. The van der Waals surface area contributed by atoms with Gasteiger partial charge < -0.3 is 15.6 Å². The molecule has 4 bridgehead atoms. The standard InChI is InChI=1S/C33H39N3O2/c37-31(25-5-3-1-2-4-6-25)35-26-9-7-24(8-10-26)29-20-34-30-12-11-27(16-28(29)30)36-32(38)33-17-21-13-22(18-33)15-23(14-21)19-33/h7-12,16,20-23,25,34H,1-6,13-15,17-19H2,(H,35,37)(H,36,38). The maximum atomic E-state index is 13.6. The van der Waals surface area contributed by atoms with Crippen molar-refractivity contribution in [2.45, 2.75) is 77.0 Å². The van der Waals surface area contributed by atoms with Crippen molar-refractivity contribution in [3.63, 3.8) is 0 Å². The summed E-state index contributed by atoms with van der Waals surface area (Å²) in [7, 11) is 0. The van der Waals surface area contributed by atoms with Crippen LogP contribution in [0.5, 0.6) is 0 Å². The molecule has 38 heavy (non-hydrogen) atoms. The number of aromatic amines is 1. The van der Waals surface area contributed by atoms with Gasteiger partial charge in [-0.25, -0.2) is 0 Å². The van der Waals surface area contributed by atoms with E-state index in [0.717, 1.165) is 96.1 Å². The number of carbonyl (C=O) groups excluding carboxylic acids is 2. The predicted molar refractivity (Wildman–Crippen MR) is 153 cm³/mol. The van der Waals surface area contributed by atoms with Gasteiger partial charge in [-0.3, -0.25) is 9.59 Å². The van der Waals surface area contributed by atoms with Crippen molar-refractivity contribution in [3.8, 4) is 11.1 Å². The van der Waals surface area contributed by atoms with Crippen LogP contribution in [-0.4, -0.2) is 16.8 Å². The molecule has 2 amide bonds. The van der Waals surface area contributed by atoms with Crippen molar-refractivity contribution in [2.75, 3.05) is 10.6 Å². The molecule has 5 aliphatic rings. The molecule has 198 valence electrons. The number of fused-ring (bicyclic) bond motifs is 1. The van der Waals surface area contributed by atoms with Crippen LogP contribution >= 0.6 is 0 Å². The number of rotatable bonds is 5. The van der Waals surface area contributed by atoms with E-state index in [0.29, 0.717) is 0 Å². The molecule has 5 nitrogen and oxygen atoms in total. The molecule has 8 rings (SSSR count). The molecule has 5 heteroatoms. The highest BCUT2D eigenvalue weighted by Gasteiger charge is 2.54. The summed E-state index contributed by atoms with van der Waals surface area (Å²) >= 11 is 0. The van der Waals surface area contributed by atoms with Crippen molar-refractivity contribution < 1.29 is 9.59 Å². The van der Waals surface area contributed by atoms with Gasteiger partial charge in [0.2, 0.25) is 11.8 Å². The fraction of sp³-hybridized carbons (Fsp3) is 0.515. The number of hydrogen-bond acceptors (Lipinski definition) is 2. The molecule has 0 unspecified atom stereocenters. The Bertz CT molecular complexity index is 1310. The summed E-state index contributed by atoms with van der Waals surface area (Å²) in [5, 5.41) is 7.57. The van der Waals surface area contributed by atoms with E-state index in [1.165, 1.54) is 32.1 Å². The van der Waals surface area contributed by atoms with Crippen LogP contribution in [0, 0.1) is 29.1 Å². The van der Waals surface area contributed by atoms with E-state index in [1.807, 2.05) is 24.4 Å². The molecular weight excluding hydrogens is 470 g/mol. The van der Waals surface area contributed by atoms with Crippen molar-refractivity contribution in [2.24, 2.45) is 29.1 Å². The number of nitrogens with one attached hydrogen (secondary N) is 3. The molecule has 0 aliphatic heterocycles. The lowest BCUT2D eigenvalue weighted by Crippen LogP contribution is -2.51. The fourth-order valence-corrected chi connectivity index (χ4v) is 8.61. The second-order valence-electron chi connectivity index (χ2n) is 12.9. The Balaban J connectivity index is 1.07. The summed E-state index contributed by atoms with van der Waals surface area (Å²) in [4.78, 5) is 29.8. The monoisotopic (exact) mass is 509 g/mol. The number of H-pyrrole nitrogens is 1. The number of anilines is 2. The number of benzene rings is 2. The Morgan fingerprint density at radius 2 is 1.39 bits per heavy atom. The molecular formula is C33H39N3O2. The van der Waals surface area contributed by atoms with Gasteiger partial charge in [0.05, 0.1) is 5.41 Å². The Kier molecular flexibility index (Phi) is 6.05. The zero-order valence-electron chi connectivity index (χ0n) is 22.2. The first-order chi connectivity index (χ1) is 18.5. The Morgan fingerprint density at radius 3 is 2.05 bits per heavy atom. The van der Waals surface area contributed by atoms with Gasteiger partial charge in [-0.2, -0.15) is 0 Å². The van der Waals surface area contributed by atoms with E-state index < -0.39 is 0 Å². The summed E-state index contributed by atoms with van der Waals surface area (Å²) in [6, 6.07) is 14.4. The molecule has 5 aliphatic carbocycles. The molecule has 3 N–H and O–H groups in total. The summed E-state index contributed by atoms with van der Waals surface area (Å²) in [5.41, 5.74) is 4.83. The smallest absolute Gasteiger partial charge is 0.230 e. The van der Waals surface area contributed by atoms with Crippen LogP contribution in [-0.2, 0) is 9.59 Å². The predicted octanol–water partition coefficient (Wildman–Crippen LogP) is 7.90. The number of hydrogen-bond donors (Lipinski definition) is 3. The van der Waals surface area contributed by atoms with E-state index in [-0.39, 0.29) is 23.1 Å². The quantitative estimate of drug-likeness (QED) is 0.306. The average molecular weight is 510 g/mol. The normalized spacial score (nSPS) is 28.8. The van der Waals surface area contributed by atoms with Gasteiger partial charge >= 0.3 is 0 Å². The lowest BCUT2D eigenvalue weighted by molar-refractivity contribution is -0.140. The first-order valence-corrected chi connectivity index (χ1v) is 14.9. The minimum absolute atomic E-state index is 0.137. The SMILES string of the molecule is O=C(Nc1ccc(-c2c[nH]c3ccc(NC(=O)C45CC6CC(CC(C6)C4)C5)cc23)cc1)C1CCCCCC1. The topological polar surface area (TPSA) is 74.0 Å². The van der Waals surface area contributed by atoms with Crippen LogP contribution < -0.4 is 10.6 Å². The van der Waals surface area contributed by atoms with Crippen LogP contribution in [0.3, 0.4) is 0 Å². The molecule has 5 saturated carbocycles. The van der Waals surface area contributed by atoms with Crippen molar-refractivity contribution in [1.29, 1.82) is 0 Å². The lowest BCUT2D eigenvalue weighted by Gasteiger charge is -2.55. The Morgan fingerprint density at radius 1 is 0.763 bits per heavy atom. The van der Waals surface area contributed by atoms with E-state index >= 15 is 0 Å². The molecule has 0 radical (unpaired) electrons. The van der Waals surface area contributed by atoms with Gasteiger partial charge in [0.1, 0.15) is 0 Å². The van der Waals surface area contributed by atoms with Crippen LogP contribution in [0.1, 0.15) is 77.0 Å². The maximum absolute atomic E-state index is 13.6. The van der Waals surface area contributed by atoms with Gasteiger partial charge in [0.25, 0.3) is 0 Å². The second kappa shape index (κ2) is 9.59. The summed E-state index contributed by atoms with van der Waals surface area (Å²) in [5.74, 6) is 2.80. The van der Waals surface area contributed by atoms with E-state index in [2.05, 4.69) is 39.9 Å². The van der Waals surface area contributed by atoms with Crippen LogP contribution in [0.2, 0.25) is 0 Å². The third-order valence-electron chi connectivity index (χ3n) is 10.1. The maximum Gasteiger partial charge on any atom is 0.230 e. The fourth-order valence-electron chi connectivity index (χ4n) is 8.61. The molecule has 1 heterocycles. The average Bonchev–Trinajstić information content (AvgIpc) is 3.12. The number of amides is 2. The van der Waals surface area contributed by atoms with Crippen LogP contribution in [0.15, 0.2) is 48.7 Å². The lowest BCUT2D eigenvalue weighted by atomic mass is 9.49. The van der Waals surface area contributed by atoms with Gasteiger partial charge in [0, 0.05) is 40.0 Å². The van der Waals surface area contributed by atoms with Gasteiger partial charge in [-0.15, -0.1) is 0 Å². The highest BCUT2D eigenvalue weighted by atomic mass is 16.2. The van der Waals surface area contributed by atoms with Crippen LogP contribution in [0.25, 0.3) is 22.0 Å². The molecule has 0 atom stereocenters. The minimum atomic E-state index is -0.151. The molecule has 0 saturated heterocycles. The first-order valence-electron chi connectivity index (χ1n) is 14.9. The molecule has 2 aromatic carbocycles. The van der Waals surface area contributed by atoms with Gasteiger partial charge in [-0.1, -0.05) is 37.8 Å². The van der Waals surface area contributed by atoms with E-state index in [1.54, 1.807) is 0 Å². The molecule has 1 aromatic heterocycles. The zero-order valence-corrected chi connectivity index (χ0v) is 22.2. The third kappa shape index (κ3) is 4.44. The second-order valence-corrected chi connectivity index (χ2v) is 12.9. The van der Waals surface area contributed by atoms with Crippen LogP contribution in [0.4, 0.5) is 11.4 Å². The zero-order chi connectivity index (χ0) is 25.7. The minimum Gasteiger partial charge on any atom is -0.361 e. The summed E-state index contributed by atoms with van der Waals surface area (Å²) in [6.45, 7) is 0. The number of aromatic nitrogens is 1. The van der Waals surface area contributed by atoms with Gasteiger partial charge in [0.15, 0.2) is 0 Å². The first kappa shape index (κ1) is 24.0. The highest BCUT2D eigenvalue weighted by Crippen LogP contribution is 2.60. The Hall–Kier alpha value is -3.08. The molecule has 0 spiro atoms. The van der Waals surface area contributed by atoms with E-state index in [4.69, 9.17) is 0 Å². The molecule has 5 fully saturated rings. The van der Waals surface area contributed by atoms with Crippen molar-refractivity contribution >= 4 is 34.1 Å². The summed E-state index contributed by atoms with van der Waals surface area (Å²) < 4.78 is 0. The largest absolute Gasteiger partial charge is 0.361 e. The Labute approximate surface area is 225 Å². The van der Waals surface area contributed by atoms with Crippen molar-refractivity contribution in [3.05, 3.63) is 48.7 Å². The highest BCUT2D eigenvalue weighted by molar-refractivity contribution is 6.01. The van der Waals surface area contributed by atoms with E-state index in [9.17, 15) is 9.59 Å². The summed E-state index contributed by atoms with van der Waals surface area (Å²) in [6.07, 6.45) is 16.1. The van der Waals surface area contributed by atoms with Crippen molar-refractivity contribution in [1.82, 2.24) is 4.98 Å². The van der Waals surface area contributed by atoms with Gasteiger partial charge in [-0.05, 0) is 105 Å².